The number of Topliss-reactive ketones (excluding diaryl/α,β-unsaturated/α-hetero) is 1. The summed E-state index contributed by atoms with van der Waals surface area (Å²) in [6.07, 6.45) is 0.546. The number of nitrogens with zero attached hydrogens (tertiary/aromatic N) is 2. The summed E-state index contributed by atoms with van der Waals surface area (Å²) in [7, 11) is 2.16. The van der Waals surface area contributed by atoms with Crippen molar-refractivity contribution in [2.24, 2.45) is 0 Å². The average molecular weight is 258 g/mol. The molecule has 1 aliphatic heterocycles. The molecule has 1 heterocycles. The van der Waals surface area contributed by atoms with Gasteiger partial charge in [-0.25, -0.2) is 0 Å². The van der Waals surface area contributed by atoms with Crippen molar-refractivity contribution in [3.63, 3.8) is 0 Å². The molecule has 0 unspecified atom stereocenters. The van der Waals surface area contributed by atoms with Crippen LogP contribution in [0.1, 0.15) is 13.3 Å². The SMILES string of the molecule is CCC(=O)COCCOCCN1CCN(C)CC1. The highest BCUT2D eigenvalue weighted by atomic mass is 16.5. The topological polar surface area (TPSA) is 42.0 Å². The van der Waals surface area contributed by atoms with Crippen molar-refractivity contribution in [3.8, 4) is 0 Å². The number of rotatable bonds is 9. The molecular weight excluding hydrogens is 232 g/mol. The van der Waals surface area contributed by atoms with E-state index in [-0.39, 0.29) is 12.4 Å². The van der Waals surface area contributed by atoms with Crippen LogP contribution in [-0.4, -0.2) is 81.8 Å². The molecule has 0 spiro atoms. The van der Waals surface area contributed by atoms with Gasteiger partial charge in [-0.3, -0.25) is 9.69 Å². The zero-order chi connectivity index (χ0) is 13.2. The minimum absolute atomic E-state index is 0.146. The molecule has 1 saturated heterocycles. The Bertz CT molecular complexity index is 228. The van der Waals surface area contributed by atoms with Crippen LogP contribution in [0.4, 0.5) is 0 Å². The number of ether oxygens (including phenoxy) is 2. The summed E-state index contributed by atoms with van der Waals surface area (Å²) in [5, 5.41) is 0. The van der Waals surface area contributed by atoms with Gasteiger partial charge in [0.2, 0.25) is 0 Å². The first-order valence-electron chi connectivity index (χ1n) is 6.80. The summed E-state index contributed by atoms with van der Waals surface area (Å²) in [6, 6.07) is 0. The van der Waals surface area contributed by atoms with Crippen molar-refractivity contribution < 1.29 is 14.3 Å². The summed E-state index contributed by atoms with van der Waals surface area (Å²) >= 11 is 0. The van der Waals surface area contributed by atoms with E-state index in [1.165, 1.54) is 0 Å². The van der Waals surface area contributed by atoms with E-state index in [4.69, 9.17) is 9.47 Å². The lowest BCUT2D eigenvalue weighted by Crippen LogP contribution is -2.45. The van der Waals surface area contributed by atoms with Gasteiger partial charge in [-0.2, -0.15) is 0 Å². The summed E-state index contributed by atoms with van der Waals surface area (Å²) in [6.45, 7) is 9.42. The number of ketones is 1. The van der Waals surface area contributed by atoms with Crippen molar-refractivity contribution in [1.82, 2.24) is 9.80 Å². The lowest BCUT2D eigenvalue weighted by atomic mass is 10.3. The van der Waals surface area contributed by atoms with Gasteiger partial charge in [-0.1, -0.05) is 6.92 Å². The summed E-state index contributed by atoms with van der Waals surface area (Å²) in [5.41, 5.74) is 0. The third-order valence-corrected chi connectivity index (χ3v) is 3.18. The van der Waals surface area contributed by atoms with Crippen LogP contribution in [0, 0.1) is 0 Å². The molecule has 0 N–H and O–H groups in total. The van der Waals surface area contributed by atoms with Gasteiger partial charge in [-0.05, 0) is 7.05 Å². The number of hydrogen-bond acceptors (Lipinski definition) is 5. The minimum atomic E-state index is 0.146. The molecule has 0 amide bonds. The Kier molecular flexibility index (Phi) is 8.17. The summed E-state index contributed by atoms with van der Waals surface area (Å²) < 4.78 is 10.7. The van der Waals surface area contributed by atoms with Crippen LogP contribution in [0.3, 0.4) is 0 Å². The first kappa shape index (κ1) is 15.6. The smallest absolute Gasteiger partial charge is 0.158 e. The molecule has 0 aromatic carbocycles. The number of carbonyl (C=O) groups excluding carboxylic acids is 1. The molecule has 0 aromatic rings. The van der Waals surface area contributed by atoms with E-state index >= 15 is 0 Å². The summed E-state index contributed by atoms with van der Waals surface area (Å²) in [4.78, 5) is 15.7. The van der Waals surface area contributed by atoms with Gasteiger partial charge in [0.05, 0.1) is 19.8 Å². The molecule has 1 fully saturated rings. The Morgan fingerprint density at radius 1 is 1.06 bits per heavy atom. The Hall–Kier alpha value is -0.490. The van der Waals surface area contributed by atoms with Crippen LogP contribution in [0.25, 0.3) is 0 Å². The molecule has 0 atom stereocenters. The van der Waals surface area contributed by atoms with E-state index in [9.17, 15) is 4.79 Å². The highest BCUT2D eigenvalue weighted by Gasteiger charge is 2.12. The lowest BCUT2D eigenvalue weighted by Gasteiger charge is -2.32. The number of piperazine rings is 1. The van der Waals surface area contributed by atoms with Gasteiger partial charge >= 0.3 is 0 Å². The second kappa shape index (κ2) is 9.44. The molecule has 1 rings (SSSR count). The van der Waals surface area contributed by atoms with Gasteiger partial charge < -0.3 is 14.4 Å². The lowest BCUT2D eigenvalue weighted by molar-refractivity contribution is -0.123. The Morgan fingerprint density at radius 2 is 1.72 bits per heavy atom. The van der Waals surface area contributed by atoms with Crippen molar-refractivity contribution in [2.45, 2.75) is 13.3 Å². The van der Waals surface area contributed by atoms with E-state index < -0.39 is 0 Å². The van der Waals surface area contributed by atoms with Gasteiger partial charge in [0.15, 0.2) is 5.78 Å². The predicted molar refractivity (Wildman–Crippen MR) is 70.9 cm³/mol. The number of likely N-dealkylation sites (N-methyl/N-ethyl adjacent to an activating group) is 1. The second-order valence-electron chi connectivity index (χ2n) is 4.70. The van der Waals surface area contributed by atoms with E-state index in [2.05, 4.69) is 16.8 Å². The average Bonchev–Trinajstić information content (AvgIpc) is 2.39. The molecule has 106 valence electrons. The fourth-order valence-electron chi connectivity index (χ4n) is 1.77. The summed E-state index contributed by atoms with van der Waals surface area (Å²) in [5.74, 6) is 0.146. The Morgan fingerprint density at radius 3 is 2.39 bits per heavy atom. The fourth-order valence-corrected chi connectivity index (χ4v) is 1.77. The van der Waals surface area contributed by atoms with E-state index in [1.54, 1.807) is 0 Å². The van der Waals surface area contributed by atoms with Crippen LogP contribution in [-0.2, 0) is 14.3 Å². The third-order valence-electron chi connectivity index (χ3n) is 3.18. The van der Waals surface area contributed by atoms with Crippen LogP contribution >= 0.6 is 0 Å². The molecule has 5 nitrogen and oxygen atoms in total. The maximum absolute atomic E-state index is 11.0. The van der Waals surface area contributed by atoms with Crippen LogP contribution in [0.2, 0.25) is 0 Å². The zero-order valence-corrected chi connectivity index (χ0v) is 11.7. The Balaban J connectivity index is 1.85. The van der Waals surface area contributed by atoms with E-state index in [0.29, 0.717) is 19.6 Å². The molecule has 0 aromatic heterocycles. The fraction of sp³-hybridized carbons (Fsp3) is 0.923. The second-order valence-corrected chi connectivity index (χ2v) is 4.70. The zero-order valence-electron chi connectivity index (χ0n) is 11.7. The van der Waals surface area contributed by atoms with Gasteiger partial charge in [-0.15, -0.1) is 0 Å². The first-order valence-corrected chi connectivity index (χ1v) is 6.80. The maximum Gasteiger partial charge on any atom is 0.158 e. The highest BCUT2D eigenvalue weighted by molar-refractivity contribution is 5.79. The van der Waals surface area contributed by atoms with Crippen molar-refractivity contribution in [1.29, 1.82) is 0 Å². The molecule has 0 aliphatic carbocycles. The highest BCUT2D eigenvalue weighted by Crippen LogP contribution is 1.98. The third kappa shape index (κ3) is 7.06. The van der Waals surface area contributed by atoms with E-state index in [0.717, 1.165) is 39.3 Å². The normalized spacial score (nSPS) is 18.1. The molecule has 0 saturated carbocycles. The molecule has 1 aliphatic rings. The van der Waals surface area contributed by atoms with Crippen molar-refractivity contribution >= 4 is 5.78 Å². The largest absolute Gasteiger partial charge is 0.378 e. The van der Waals surface area contributed by atoms with Crippen LogP contribution in [0.15, 0.2) is 0 Å². The van der Waals surface area contributed by atoms with Gasteiger partial charge in [0.1, 0.15) is 6.61 Å². The molecule has 5 heteroatoms. The molecule has 0 radical (unpaired) electrons. The maximum atomic E-state index is 11.0. The quantitative estimate of drug-likeness (QED) is 0.554. The number of hydrogen-bond donors (Lipinski definition) is 0. The van der Waals surface area contributed by atoms with Crippen LogP contribution < -0.4 is 0 Å². The molecular formula is C13H26N2O3. The first-order chi connectivity index (χ1) is 8.72. The van der Waals surface area contributed by atoms with Gasteiger partial charge in [0.25, 0.3) is 0 Å². The van der Waals surface area contributed by atoms with Crippen LogP contribution in [0.5, 0.6) is 0 Å². The number of carbonyl (C=O) groups is 1. The molecule has 18 heavy (non-hydrogen) atoms. The monoisotopic (exact) mass is 258 g/mol. The standard InChI is InChI=1S/C13H26N2O3/c1-3-13(16)12-18-11-10-17-9-8-15-6-4-14(2)5-7-15/h3-12H2,1-2H3. The molecule has 0 bridgehead atoms. The predicted octanol–water partition coefficient (Wildman–Crippen LogP) is 0.246. The van der Waals surface area contributed by atoms with E-state index in [1.807, 2.05) is 6.92 Å². The Labute approximate surface area is 110 Å². The minimum Gasteiger partial charge on any atom is -0.378 e. The van der Waals surface area contributed by atoms with Gasteiger partial charge in [0, 0.05) is 39.1 Å². The van der Waals surface area contributed by atoms with Crippen molar-refractivity contribution in [3.05, 3.63) is 0 Å². The van der Waals surface area contributed by atoms with Crippen molar-refractivity contribution in [2.75, 3.05) is 66.2 Å².